The average molecular weight is 309 g/mol. The van der Waals surface area contributed by atoms with Gasteiger partial charge in [0.2, 0.25) is 0 Å². The van der Waals surface area contributed by atoms with E-state index in [1.165, 1.54) is 49.9 Å². The topological polar surface area (TPSA) is 29.3 Å². The maximum Gasteiger partial charge on any atom is 0.0425 e. The molecule has 1 aromatic rings. The van der Waals surface area contributed by atoms with E-state index in [-0.39, 0.29) is 0 Å². The molecule has 3 heteroatoms. The molecular formula is C15H21BrN2. The van der Waals surface area contributed by atoms with Gasteiger partial charge in [0, 0.05) is 29.3 Å². The Balaban J connectivity index is 1.95. The molecule has 1 saturated carbocycles. The van der Waals surface area contributed by atoms with Crippen LogP contribution in [0.5, 0.6) is 0 Å². The highest BCUT2D eigenvalue weighted by atomic mass is 79.9. The van der Waals surface area contributed by atoms with Gasteiger partial charge in [0.1, 0.15) is 0 Å². The molecule has 0 amide bonds. The van der Waals surface area contributed by atoms with Gasteiger partial charge in [-0.05, 0) is 49.3 Å². The van der Waals surface area contributed by atoms with E-state index in [9.17, 15) is 0 Å². The minimum atomic E-state index is 0.635. The van der Waals surface area contributed by atoms with Gasteiger partial charge in [-0.15, -0.1) is 0 Å². The third-order valence-corrected chi connectivity index (χ3v) is 5.06. The Hall–Kier alpha value is -0.540. The fraction of sp³-hybridized carbons (Fsp3) is 0.600. The Morgan fingerprint density at radius 3 is 2.89 bits per heavy atom. The molecule has 0 radical (unpaired) electrons. The van der Waals surface area contributed by atoms with Crippen molar-refractivity contribution in [3.8, 4) is 0 Å². The Labute approximate surface area is 118 Å². The molecule has 1 aliphatic carbocycles. The van der Waals surface area contributed by atoms with E-state index in [2.05, 4.69) is 39.0 Å². The smallest absolute Gasteiger partial charge is 0.0425 e. The van der Waals surface area contributed by atoms with E-state index in [1.807, 2.05) is 0 Å². The Morgan fingerprint density at radius 2 is 2.06 bits per heavy atom. The highest BCUT2D eigenvalue weighted by molar-refractivity contribution is 9.10. The summed E-state index contributed by atoms with van der Waals surface area (Å²) in [5.41, 5.74) is 8.55. The summed E-state index contributed by atoms with van der Waals surface area (Å²) in [5, 5.41) is 0. The van der Waals surface area contributed by atoms with Gasteiger partial charge in [-0.2, -0.15) is 0 Å². The Morgan fingerprint density at radius 1 is 1.22 bits per heavy atom. The van der Waals surface area contributed by atoms with Crippen molar-refractivity contribution in [3.05, 3.63) is 28.2 Å². The molecule has 1 aromatic carbocycles. The number of nitrogens with two attached hydrogens (primary N) is 1. The molecule has 1 saturated heterocycles. The van der Waals surface area contributed by atoms with Gasteiger partial charge in [-0.1, -0.05) is 28.4 Å². The summed E-state index contributed by atoms with van der Waals surface area (Å²) < 4.78 is 1.16. The van der Waals surface area contributed by atoms with Crippen molar-refractivity contribution >= 4 is 21.6 Å². The lowest BCUT2D eigenvalue weighted by Gasteiger charge is -2.40. The average Bonchev–Trinajstić information content (AvgIpc) is 2.86. The van der Waals surface area contributed by atoms with E-state index >= 15 is 0 Å². The number of benzene rings is 1. The van der Waals surface area contributed by atoms with Crippen molar-refractivity contribution in [1.82, 2.24) is 0 Å². The van der Waals surface area contributed by atoms with Crippen LogP contribution >= 0.6 is 15.9 Å². The second-order valence-corrected chi connectivity index (χ2v) is 6.49. The summed E-state index contributed by atoms with van der Waals surface area (Å²) >= 11 is 3.60. The summed E-state index contributed by atoms with van der Waals surface area (Å²) in [6.45, 7) is 1.83. The molecule has 18 heavy (non-hydrogen) atoms. The normalized spacial score (nSPS) is 27.3. The molecule has 0 spiro atoms. The molecular weight excluding hydrogens is 288 g/mol. The van der Waals surface area contributed by atoms with Crippen molar-refractivity contribution in [2.75, 3.05) is 11.4 Å². The lowest BCUT2D eigenvalue weighted by atomic mass is 9.91. The van der Waals surface area contributed by atoms with Crippen LogP contribution in [0.4, 0.5) is 5.69 Å². The minimum absolute atomic E-state index is 0.635. The molecule has 1 heterocycles. The number of halogens is 1. The SMILES string of the molecule is NCc1ccc(Br)cc1N1CCCC2CCCC21. The zero-order valence-corrected chi connectivity index (χ0v) is 12.3. The van der Waals surface area contributed by atoms with Crippen molar-refractivity contribution in [2.24, 2.45) is 11.7 Å². The molecule has 0 bridgehead atoms. The van der Waals surface area contributed by atoms with Crippen LogP contribution in [0.25, 0.3) is 0 Å². The van der Waals surface area contributed by atoms with E-state index in [0.29, 0.717) is 6.54 Å². The molecule has 98 valence electrons. The lowest BCUT2D eigenvalue weighted by molar-refractivity contribution is 0.362. The molecule has 2 aliphatic rings. The van der Waals surface area contributed by atoms with E-state index in [0.717, 1.165) is 16.4 Å². The molecule has 2 N–H and O–H groups in total. The third kappa shape index (κ3) is 2.19. The second-order valence-electron chi connectivity index (χ2n) is 5.57. The number of hydrogen-bond acceptors (Lipinski definition) is 2. The fourth-order valence-electron chi connectivity index (χ4n) is 3.73. The number of piperidine rings is 1. The fourth-order valence-corrected chi connectivity index (χ4v) is 4.08. The second kappa shape index (κ2) is 5.22. The maximum atomic E-state index is 5.90. The highest BCUT2D eigenvalue weighted by Crippen LogP contribution is 2.40. The Kier molecular flexibility index (Phi) is 3.62. The van der Waals surface area contributed by atoms with Crippen LogP contribution in [0.1, 0.15) is 37.7 Å². The monoisotopic (exact) mass is 308 g/mol. The summed E-state index contributed by atoms with van der Waals surface area (Å²) in [7, 11) is 0. The summed E-state index contributed by atoms with van der Waals surface area (Å²) in [6.07, 6.45) is 6.94. The zero-order valence-electron chi connectivity index (χ0n) is 10.7. The van der Waals surface area contributed by atoms with Crippen molar-refractivity contribution in [3.63, 3.8) is 0 Å². The standard InChI is InChI=1S/C15H21BrN2/c16-13-7-6-12(10-17)15(9-13)18-8-2-4-11-3-1-5-14(11)18/h6-7,9,11,14H,1-5,8,10,17H2. The van der Waals surface area contributed by atoms with Gasteiger partial charge < -0.3 is 10.6 Å². The molecule has 2 unspecified atom stereocenters. The van der Waals surface area contributed by atoms with Gasteiger partial charge in [0.05, 0.1) is 0 Å². The highest BCUT2D eigenvalue weighted by Gasteiger charge is 2.35. The Bertz CT molecular complexity index is 433. The van der Waals surface area contributed by atoms with Crippen LogP contribution in [0.3, 0.4) is 0 Å². The number of nitrogens with zero attached hydrogens (tertiary/aromatic N) is 1. The minimum Gasteiger partial charge on any atom is -0.368 e. The van der Waals surface area contributed by atoms with E-state index in [1.54, 1.807) is 0 Å². The summed E-state index contributed by atoms with van der Waals surface area (Å²) in [4.78, 5) is 2.63. The maximum absolute atomic E-state index is 5.90. The predicted molar refractivity (Wildman–Crippen MR) is 79.7 cm³/mol. The number of anilines is 1. The third-order valence-electron chi connectivity index (χ3n) is 4.57. The van der Waals surface area contributed by atoms with Crippen LogP contribution in [0.2, 0.25) is 0 Å². The van der Waals surface area contributed by atoms with Gasteiger partial charge in [0.25, 0.3) is 0 Å². The van der Waals surface area contributed by atoms with Crippen molar-refractivity contribution in [1.29, 1.82) is 0 Å². The van der Waals surface area contributed by atoms with Crippen LogP contribution in [-0.2, 0) is 6.54 Å². The first-order valence-corrected chi connectivity index (χ1v) is 7.84. The summed E-state index contributed by atoms with van der Waals surface area (Å²) in [6, 6.07) is 7.28. The van der Waals surface area contributed by atoms with Crippen LogP contribution in [0.15, 0.2) is 22.7 Å². The molecule has 2 atom stereocenters. The number of hydrogen-bond donors (Lipinski definition) is 1. The van der Waals surface area contributed by atoms with E-state index < -0.39 is 0 Å². The van der Waals surface area contributed by atoms with Gasteiger partial charge >= 0.3 is 0 Å². The summed E-state index contributed by atoms with van der Waals surface area (Å²) in [5.74, 6) is 0.920. The van der Waals surface area contributed by atoms with Gasteiger partial charge in [0.15, 0.2) is 0 Å². The lowest BCUT2D eigenvalue weighted by Crippen LogP contribution is -2.43. The van der Waals surface area contributed by atoms with Crippen LogP contribution in [0, 0.1) is 5.92 Å². The van der Waals surface area contributed by atoms with Crippen LogP contribution in [-0.4, -0.2) is 12.6 Å². The largest absolute Gasteiger partial charge is 0.368 e. The molecule has 0 aromatic heterocycles. The predicted octanol–water partition coefficient (Wildman–Crippen LogP) is 3.68. The molecule has 2 fully saturated rings. The van der Waals surface area contributed by atoms with Gasteiger partial charge in [-0.3, -0.25) is 0 Å². The van der Waals surface area contributed by atoms with E-state index in [4.69, 9.17) is 5.73 Å². The first kappa shape index (κ1) is 12.5. The number of fused-ring (bicyclic) bond motifs is 1. The number of rotatable bonds is 2. The zero-order chi connectivity index (χ0) is 12.5. The molecule has 3 rings (SSSR count). The van der Waals surface area contributed by atoms with Gasteiger partial charge in [-0.25, -0.2) is 0 Å². The molecule has 1 aliphatic heterocycles. The van der Waals surface area contributed by atoms with Crippen LogP contribution < -0.4 is 10.6 Å². The van der Waals surface area contributed by atoms with Crippen molar-refractivity contribution < 1.29 is 0 Å². The first-order valence-electron chi connectivity index (χ1n) is 7.04. The molecule has 2 nitrogen and oxygen atoms in total. The first-order chi connectivity index (χ1) is 8.79. The quantitative estimate of drug-likeness (QED) is 0.903. The van der Waals surface area contributed by atoms with Crippen molar-refractivity contribution in [2.45, 2.75) is 44.7 Å².